The Morgan fingerprint density at radius 3 is 2.31 bits per heavy atom. The summed E-state index contributed by atoms with van der Waals surface area (Å²) in [6.07, 6.45) is 5.72. The van der Waals surface area contributed by atoms with E-state index in [4.69, 9.17) is 9.47 Å². The van der Waals surface area contributed by atoms with Crippen LogP contribution in [0.4, 0.5) is 5.69 Å². The normalized spacial score (nSPS) is 12.3. The summed E-state index contributed by atoms with van der Waals surface area (Å²) in [5.74, 6) is 6.59. The van der Waals surface area contributed by atoms with Crippen molar-refractivity contribution in [2.75, 3.05) is 19.0 Å². The number of fused-ring (bicyclic) bond motifs is 3. The summed E-state index contributed by atoms with van der Waals surface area (Å²) in [5.41, 5.74) is 4.98. The van der Waals surface area contributed by atoms with Gasteiger partial charge >= 0.3 is 5.97 Å². The number of ether oxygens (including phenoxy) is 2. The Morgan fingerprint density at radius 2 is 1.72 bits per heavy atom. The summed E-state index contributed by atoms with van der Waals surface area (Å²) in [7, 11) is 1.61. The van der Waals surface area contributed by atoms with Gasteiger partial charge < -0.3 is 14.8 Å². The molecule has 1 N–H and O–H groups in total. The number of anilines is 1. The Labute approximate surface area is 233 Å². The van der Waals surface area contributed by atoms with E-state index in [2.05, 4.69) is 55.2 Å². The molecule has 0 spiro atoms. The summed E-state index contributed by atoms with van der Waals surface area (Å²) in [4.78, 5) is 12.4. The number of allylic oxidation sites excluding steroid dienone is 1. The highest BCUT2D eigenvalue weighted by Crippen LogP contribution is 2.32. The second-order valence-corrected chi connectivity index (χ2v) is 8.98. The first kappa shape index (κ1) is 31.2. The lowest BCUT2D eigenvalue weighted by atomic mass is 10.1. The third-order valence-electron chi connectivity index (χ3n) is 5.67. The van der Waals surface area contributed by atoms with Crippen molar-refractivity contribution in [3.05, 3.63) is 76.8 Å². The van der Waals surface area contributed by atoms with E-state index in [-0.39, 0.29) is 5.97 Å². The molecule has 2 aromatic carbocycles. The van der Waals surface area contributed by atoms with E-state index < -0.39 is 0 Å². The zero-order valence-corrected chi connectivity index (χ0v) is 24.4. The van der Waals surface area contributed by atoms with Crippen molar-refractivity contribution in [3.63, 3.8) is 0 Å². The number of esters is 1. The van der Waals surface area contributed by atoms with Gasteiger partial charge in [-0.15, -0.1) is 5.10 Å². The number of methoxy groups -OCH3 is 1. The predicted octanol–water partition coefficient (Wildman–Crippen LogP) is 7.09. The minimum atomic E-state index is -0.363. The maximum Gasteiger partial charge on any atom is 0.335 e. The average molecular weight is 531 g/mol. The van der Waals surface area contributed by atoms with Gasteiger partial charge in [0.25, 0.3) is 0 Å². The van der Waals surface area contributed by atoms with Crippen LogP contribution >= 0.6 is 0 Å². The smallest absolute Gasteiger partial charge is 0.335 e. The molecule has 0 saturated heterocycles. The topological polar surface area (TPSA) is 78.3 Å². The molecule has 1 aliphatic rings. The molecule has 39 heavy (non-hydrogen) atoms. The van der Waals surface area contributed by atoms with E-state index in [1.165, 1.54) is 25.7 Å². The predicted molar refractivity (Wildman–Crippen MR) is 158 cm³/mol. The summed E-state index contributed by atoms with van der Waals surface area (Å²) in [6, 6.07) is 15.3. The van der Waals surface area contributed by atoms with Gasteiger partial charge in [-0.3, -0.25) is 0 Å². The standard InChI is InChI=1S/C24H22N4O3.C5H12.C3H8/c1-4-31-24(29)16(2)21-15-23-20(12-10-17-8-6-5-7-9-17)26-27-28(23)22-14-18(30-3)11-13-19(22)25-21;1-3-5-4-2;1-3-2/h5-9,11,13-14,25H,4,15H2,1-3H3;3-5H2,1-2H3;3H2,1-2H3/b21-16+;;. The van der Waals surface area contributed by atoms with Crippen LogP contribution in [-0.4, -0.2) is 34.7 Å². The summed E-state index contributed by atoms with van der Waals surface area (Å²) < 4.78 is 12.3. The van der Waals surface area contributed by atoms with Crippen LogP contribution in [0.5, 0.6) is 5.75 Å². The summed E-state index contributed by atoms with van der Waals surface area (Å²) in [5, 5.41) is 12.0. The van der Waals surface area contributed by atoms with E-state index in [1.807, 2.05) is 48.5 Å². The van der Waals surface area contributed by atoms with E-state index in [9.17, 15) is 4.79 Å². The maximum absolute atomic E-state index is 12.4. The monoisotopic (exact) mass is 530 g/mol. The molecule has 0 radical (unpaired) electrons. The van der Waals surface area contributed by atoms with E-state index in [0.29, 0.717) is 35.7 Å². The number of nitrogens with zero attached hydrogens (tertiary/aromatic N) is 3. The van der Waals surface area contributed by atoms with Crippen molar-refractivity contribution in [1.29, 1.82) is 0 Å². The molecular weight excluding hydrogens is 488 g/mol. The lowest BCUT2D eigenvalue weighted by Crippen LogP contribution is -2.13. The average Bonchev–Trinajstić information content (AvgIpc) is 3.27. The minimum absolute atomic E-state index is 0.310. The summed E-state index contributed by atoms with van der Waals surface area (Å²) in [6.45, 7) is 12.5. The molecule has 0 bridgehead atoms. The molecule has 4 rings (SSSR count). The molecule has 0 saturated carbocycles. The fourth-order valence-corrected chi connectivity index (χ4v) is 3.64. The molecule has 7 nitrogen and oxygen atoms in total. The minimum Gasteiger partial charge on any atom is -0.497 e. The van der Waals surface area contributed by atoms with Crippen LogP contribution in [0.15, 0.2) is 59.8 Å². The first-order valence-electron chi connectivity index (χ1n) is 13.8. The third-order valence-corrected chi connectivity index (χ3v) is 5.67. The Bertz CT molecular complexity index is 1280. The van der Waals surface area contributed by atoms with Gasteiger partial charge in [0.05, 0.1) is 36.4 Å². The van der Waals surface area contributed by atoms with Gasteiger partial charge in [0, 0.05) is 23.7 Å². The molecule has 7 heteroatoms. The summed E-state index contributed by atoms with van der Waals surface area (Å²) >= 11 is 0. The number of hydrogen-bond acceptors (Lipinski definition) is 6. The fourth-order valence-electron chi connectivity index (χ4n) is 3.64. The highest BCUT2D eigenvalue weighted by molar-refractivity contribution is 5.90. The first-order chi connectivity index (χ1) is 18.9. The van der Waals surface area contributed by atoms with Gasteiger partial charge in [0.2, 0.25) is 0 Å². The SMILES string of the molecule is CCC.CCCCC.CCOC(=O)/C(C)=C1\Cc2c(C#Cc3ccccc3)nnn2-c2cc(OC)ccc2N1. The molecule has 0 aliphatic carbocycles. The van der Waals surface area contributed by atoms with E-state index in [1.54, 1.807) is 25.6 Å². The number of carbonyl (C=O) groups excluding carboxylic acids is 1. The second-order valence-electron chi connectivity index (χ2n) is 8.98. The van der Waals surface area contributed by atoms with Gasteiger partial charge in [-0.25, -0.2) is 9.48 Å². The number of benzene rings is 2. The van der Waals surface area contributed by atoms with Crippen LogP contribution in [0.25, 0.3) is 5.69 Å². The van der Waals surface area contributed by atoms with Gasteiger partial charge in [-0.1, -0.05) is 82.7 Å². The van der Waals surface area contributed by atoms with Gasteiger partial charge in [-0.2, -0.15) is 0 Å². The van der Waals surface area contributed by atoms with Crippen molar-refractivity contribution in [2.24, 2.45) is 0 Å². The number of hydrogen-bond donors (Lipinski definition) is 1. The van der Waals surface area contributed by atoms with Crippen LogP contribution in [-0.2, 0) is 16.0 Å². The number of unbranched alkanes of at least 4 members (excludes halogenated alkanes) is 2. The van der Waals surface area contributed by atoms with Crippen molar-refractivity contribution in [3.8, 4) is 23.3 Å². The molecule has 1 aliphatic heterocycles. The van der Waals surface area contributed by atoms with E-state index >= 15 is 0 Å². The number of carbonyl (C=O) groups is 1. The van der Waals surface area contributed by atoms with Gasteiger partial charge in [0.15, 0.2) is 5.69 Å². The van der Waals surface area contributed by atoms with Crippen LogP contribution in [0.2, 0.25) is 0 Å². The highest BCUT2D eigenvalue weighted by Gasteiger charge is 2.25. The number of rotatable bonds is 5. The quantitative estimate of drug-likeness (QED) is 0.215. The zero-order chi connectivity index (χ0) is 28.6. The third kappa shape index (κ3) is 9.03. The lowest BCUT2D eigenvalue weighted by Gasteiger charge is -2.13. The maximum atomic E-state index is 12.4. The van der Waals surface area contributed by atoms with Crippen molar-refractivity contribution >= 4 is 11.7 Å². The fraction of sp³-hybridized carbons (Fsp3) is 0.406. The van der Waals surface area contributed by atoms with Crippen molar-refractivity contribution in [1.82, 2.24) is 15.0 Å². The Hall–Kier alpha value is -4.05. The van der Waals surface area contributed by atoms with Crippen molar-refractivity contribution < 1.29 is 14.3 Å². The number of aromatic nitrogens is 3. The molecule has 1 aromatic heterocycles. The first-order valence-corrected chi connectivity index (χ1v) is 13.8. The largest absolute Gasteiger partial charge is 0.497 e. The molecule has 3 aromatic rings. The molecule has 0 amide bonds. The second kappa shape index (κ2) is 16.7. The lowest BCUT2D eigenvalue weighted by molar-refractivity contribution is -0.138. The van der Waals surface area contributed by atoms with Crippen LogP contribution in [0.3, 0.4) is 0 Å². The van der Waals surface area contributed by atoms with Crippen LogP contribution in [0, 0.1) is 11.8 Å². The van der Waals surface area contributed by atoms with Gasteiger partial charge in [0.1, 0.15) is 5.75 Å². The molecule has 0 fully saturated rings. The number of nitrogens with one attached hydrogen (secondary N) is 1. The molecular formula is C32H42N4O3. The molecule has 2 heterocycles. The highest BCUT2D eigenvalue weighted by atomic mass is 16.5. The van der Waals surface area contributed by atoms with Gasteiger partial charge in [-0.05, 0) is 44.0 Å². The van der Waals surface area contributed by atoms with Crippen molar-refractivity contribution in [2.45, 2.75) is 73.6 Å². The van der Waals surface area contributed by atoms with E-state index in [0.717, 1.165) is 22.6 Å². The Kier molecular flexibility index (Phi) is 13.4. The van der Waals surface area contributed by atoms with Crippen LogP contribution < -0.4 is 10.1 Å². The molecule has 0 unspecified atom stereocenters. The zero-order valence-electron chi connectivity index (χ0n) is 24.4. The molecule has 0 atom stereocenters. The van der Waals surface area contributed by atoms with Crippen LogP contribution in [0.1, 0.15) is 84.2 Å². The Morgan fingerprint density at radius 1 is 1.03 bits per heavy atom. The Balaban J connectivity index is 0.000000590. The molecule has 208 valence electrons.